The molecule has 0 fully saturated rings. The van der Waals surface area contributed by atoms with E-state index in [0.29, 0.717) is 19.8 Å². The highest BCUT2D eigenvalue weighted by atomic mass is 28.4. The SMILES string of the molecule is CCC[Si](C)(OCC)OC(C)OCC(COC)OC. The van der Waals surface area contributed by atoms with Gasteiger partial charge in [0, 0.05) is 20.8 Å². The molecule has 0 aliphatic heterocycles. The summed E-state index contributed by atoms with van der Waals surface area (Å²) >= 11 is 0. The van der Waals surface area contributed by atoms with Crippen LogP contribution in [0.4, 0.5) is 0 Å². The molecule has 0 radical (unpaired) electrons. The minimum Gasteiger partial charge on any atom is -0.395 e. The average Bonchev–Trinajstić information content (AvgIpc) is 2.34. The molecule has 0 bridgehead atoms. The van der Waals surface area contributed by atoms with E-state index in [1.807, 2.05) is 13.8 Å². The summed E-state index contributed by atoms with van der Waals surface area (Å²) in [6, 6.07) is 0.973. The van der Waals surface area contributed by atoms with Crippen LogP contribution < -0.4 is 0 Å². The number of hydrogen-bond acceptors (Lipinski definition) is 5. The second-order valence-corrected chi connectivity index (χ2v) is 7.94. The maximum Gasteiger partial charge on any atom is 0.336 e. The smallest absolute Gasteiger partial charge is 0.336 e. The minimum absolute atomic E-state index is 0.0674. The lowest BCUT2D eigenvalue weighted by Gasteiger charge is -2.30. The summed E-state index contributed by atoms with van der Waals surface area (Å²) in [5, 5.41) is 0. The third kappa shape index (κ3) is 8.72. The molecule has 0 aromatic heterocycles. The molecule has 6 heteroatoms. The maximum atomic E-state index is 5.99. The Balaban J connectivity index is 4.14. The van der Waals surface area contributed by atoms with Crippen molar-refractivity contribution in [3.8, 4) is 0 Å². The van der Waals surface area contributed by atoms with Gasteiger partial charge in [0.2, 0.25) is 0 Å². The summed E-state index contributed by atoms with van der Waals surface area (Å²) in [5.41, 5.74) is 0. The molecule has 0 spiro atoms. The molecule has 0 aromatic rings. The standard InChI is InChI=1S/C13H30O5Si/c1-7-9-19(6,17-8-2)18-12(3)16-11-13(15-5)10-14-4/h12-13H,7-11H2,1-6H3. The summed E-state index contributed by atoms with van der Waals surface area (Å²) in [6.07, 6.45) is 0.700. The highest BCUT2D eigenvalue weighted by molar-refractivity contribution is 6.66. The molecule has 0 amide bonds. The highest BCUT2D eigenvalue weighted by Crippen LogP contribution is 2.18. The number of ether oxygens (including phenoxy) is 3. The van der Waals surface area contributed by atoms with Crippen molar-refractivity contribution in [1.82, 2.24) is 0 Å². The molecule has 0 heterocycles. The maximum absolute atomic E-state index is 5.99. The molecule has 19 heavy (non-hydrogen) atoms. The van der Waals surface area contributed by atoms with Gasteiger partial charge in [0.15, 0.2) is 0 Å². The fourth-order valence-corrected chi connectivity index (χ4v) is 4.54. The van der Waals surface area contributed by atoms with E-state index in [2.05, 4.69) is 13.5 Å². The molecule has 3 unspecified atom stereocenters. The Morgan fingerprint density at radius 2 is 1.79 bits per heavy atom. The first-order chi connectivity index (χ1) is 9.01. The van der Waals surface area contributed by atoms with E-state index in [4.69, 9.17) is 23.1 Å². The first kappa shape index (κ1) is 19.0. The van der Waals surface area contributed by atoms with Crippen LogP contribution in [0.25, 0.3) is 0 Å². The fraction of sp³-hybridized carbons (Fsp3) is 1.00. The van der Waals surface area contributed by atoms with Gasteiger partial charge in [-0.05, 0) is 26.4 Å². The fourth-order valence-electron chi connectivity index (χ4n) is 1.92. The third-order valence-corrected chi connectivity index (χ3v) is 5.91. The van der Waals surface area contributed by atoms with Gasteiger partial charge in [0.1, 0.15) is 12.4 Å². The lowest BCUT2D eigenvalue weighted by atomic mass is 10.4. The monoisotopic (exact) mass is 294 g/mol. The van der Waals surface area contributed by atoms with Gasteiger partial charge in [-0.15, -0.1) is 0 Å². The van der Waals surface area contributed by atoms with Gasteiger partial charge in [-0.25, -0.2) is 0 Å². The van der Waals surface area contributed by atoms with Gasteiger partial charge in [-0.3, -0.25) is 0 Å². The van der Waals surface area contributed by atoms with Crippen molar-refractivity contribution < 1.29 is 23.1 Å². The van der Waals surface area contributed by atoms with Crippen LogP contribution in [0.2, 0.25) is 12.6 Å². The van der Waals surface area contributed by atoms with E-state index in [9.17, 15) is 0 Å². The van der Waals surface area contributed by atoms with Crippen LogP contribution in [-0.2, 0) is 23.1 Å². The largest absolute Gasteiger partial charge is 0.395 e. The summed E-state index contributed by atoms with van der Waals surface area (Å²) in [5.74, 6) is 0. The normalized spacial score (nSPS) is 18.0. The molecular formula is C13H30O5Si. The molecule has 3 atom stereocenters. The van der Waals surface area contributed by atoms with E-state index >= 15 is 0 Å². The predicted molar refractivity (Wildman–Crippen MR) is 77.5 cm³/mol. The molecule has 0 rings (SSSR count). The number of hydrogen-bond donors (Lipinski definition) is 0. The zero-order valence-electron chi connectivity index (χ0n) is 13.2. The van der Waals surface area contributed by atoms with Crippen LogP contribution in [0.3, 0.4) is 0 Å². The number of methoxy groups -OCH3 is 2. The van der Waals surface area contributed by atoms with Crippen molar-refractivity contribution in [2.75, 3.05) is 34.0 Å². The van der Waals surface area contributed by atoms with E-state index in [0.717, 1.165) is 12.5 Å². The van der Waals surface area contributed by atoms with E-state index in [1.165, 1.54) is 0 Å². The van der Waals surface area contributed by atoms with Crippen LogP contribution >= 0.6 is 0 Å². The van der Waals surface area contributed by atoms with Crippen LogP contribution in [0.1, 0.15) is 27.2 Å². The Morgan fingerprint density at radius 3 is 2.26 bits per heavy atom. The Bertz CT molecular complexity index is 209. The molecule has 0 saturated carbocycles. The van der Waals surface area contributed by atoms with Gasteiger partial charge < -0.3 is 23.1 Å². The van der Waals surface area contributed by atoms with E-state index in [-0.39, 0.29) is 12.4 Å². The first-order valence-corrected chi connectivity index (χ1v) is 9.48. The molecule has 0 N–H and O–H groups in total. The summed E-state index contributed by atoms with van der Waals surface area (Å²) in [6.45, 7) is 9.77. The summed E-state index contributed by atoms with van der Waals surface area (Å²) in [4.78, 5) is 0. The Hall–Kier alpha value is 0.0169. The van der Waals surface area contributed by atoms with Crippen molar-refractivity contribution in [2.45, 2.75) is 52.2 Å². The van der Waals surface area contributed by atoms with Crippen LogP contribution in [0.5, 0.6) is 0 Å². The van der Waals surface area contributed by atoms with Gasteiger partial charge >= 0.3 is 8.56 Å². The second kappa shape index (κ2) is 10.8. The highest BCUT2D eigenvalue weighted by Gasteiger charge is 2.32. The first-order valence-electron chi connectivity index (χ1n) is 6.96. The van der Waals surface area contributed by atoms with Crippen molar-refractivity contribution in [2.24, 2.45) is 0 Å². The average molecular weight is 294 g/mol. The van der Waals surface area contributed by atoms with E-state index < -0.39 is 8.56 Å². The molecule has 116 valence electrons. The van der Waals surface area contributed by atoms with Gasteiger partial charge in [-0.2, -0.15) is 0 Å². The zero-order valence-corrected chi connectivity index (χ0v) is 14.2. The molecule has 5 nitrogen and oxygen atoms in total. The van der Waals surface area contributed by atoms with Gasteiger partial charge in [-0.1, -0.05) is 13.3 Å². The Labute approximate surface area is 118 Å². The summed E-state index contributed by atoms with van der Waals surface area (Å²) < 4.78 is 27.7. The Morgan fingerprint density at radius 1 is 1.11 bits per heavy atom. The zero-order chi connectivity index (χ0) is 14.7. The summed E-state index contributed by atoms with van der Waals surface area (Å²) in [7, 11) is 1.18. The molecule has 0 aliphatic rings. The quantitative estimate of drug-likeness (QED) is 0.409. The lowest BCUT2D eigenvalue weighted by molar-refractivity contribution is -0.123. The van der Waals surface area contributed by atoms with Crippen molar-refractivity contribution >= 4 is 8.56 Å². The molecule has 0 aliphatic carbocycles. The Kier molecular flexibility index (Phi) is 10.8. The van der Waals surface area contributed by atoms with Crippen LogP contribution in [0.15, 0.2) is 0 Å². The van der Waals surface area contributed by atoms with Crippen molar-refractivity contribution in [3.05, 3.63) is 0 Å². The molecular weight excluding hydrogens is 264 g/mol. The molecule has 0 saturated heterocycles. The van der Waals surface area contributed by atoms with Gasteiger partial charge in [0.25, 0.3) is 0 Å². The topological polar surface area (TPSA) is 46.2 Å². The van der Waals surface area contributed by atoms with Gasteiger partial charge in [0.05, 0.1) is 13.2 Å². The molecule has 0 aromatic carbocycles. The van der Waals surface area contributed by atoms with Crippen molar-refractivity contribution in [1.29, 1.82) is 0 Å². The van der Waals surface area contributed by atoms with Crippen LogP contribution in [0, 0.1) is 0 Å². The predicted octanol–water partition coefficient (Wildman–Crippen LogP) is 2.55. The minimum atomic E-state index is -2.11. The number of rotatable bonds is 12. The lowest BCUT2D eigenvalue weighted by Crippen LogP contribution is -2.42. The second-order valence-electron chi connectivity index (χ2n) is 4.65. The van der Waals surface area contributed by atoms with Crippen LogP contribution in [-0.4, -0.2) is 55.0 Å². The third-order valence-electron chi connectivity index (χ3n) is 2.77. The van der Waals surface area contributed by atoms with E-state index in [1.54, 1.807) is 14.2 Å². The van der Waals surface area contributed by atoms with Crippen molar-refractivity contribution in [3.63, 3.8) is 0 Å².